The third-order valence-corrected chi connectivity index (χ3v) is 2.79. The average Bonchev–Trinajstić information content (AvgIpc) is 2.38. The molecule has 90 valence electrons. The number of benzene rings is 1. The molecule has 0 aromatic heterocycles. The number of carbonyl (C=O) groups is 1. The van der Waals surface area contributed by atoms with Crippen molar-refractivity contribution in [3.63, 3.8) is 0 Å². The molecule has 2 rings (SSSR count). The number of ether oxygens (including phenoxy) is 2. The maximum atomic E-state index is 10.7. The Morgan fingerprint density at radius 3 is 2.59 bits per heavy atom. The smallest absolute Gasteiger partial charge is 0.429 e. The molecule has 1 aromatic rings. The molecule has 0 N–H and O–H groups in total. The minimum atomic E-state index is -0.631. The van der Waals surface area contributed by atoms with Gasteiger partial charge < -0.3 is 9.47 Å². The van der Waals surface area contributed by atoms with Gasteiger partial charge in [-0.3, -0.25) is 0 Å². The molecule has 0 atom stereocenters. The van der Waals surface area contributed by atoms with Crippen LogP contribution in [0.1, 0.15) is 30.9 Å². The predicted octanol–water partition coefficient (Wildman–Crippen LogP) is 3.54. The van der Waals surface area contributed by atoms with E-state index in [2.05, 4.69) is 19.1 Å². The van der Waals surface area contributed by atoms with Crippen molar-refractivity contribution in [2.75, 3.05) is 6.61 Å². The minimum absolute atomic E-state index is 0.285. The van der Waals surface area contributed by atoms with E-state index in [1.165, 1.54) is 24.7 Å². The summed E-state index contributed by atoms with van der Waals surface area (Å²) in [6, 6.07) is 8.31. The standard InChI is InChI=1S/C14H16O3/c1-2-3-4-11-5-7-12(8-6-11)13-9-16-14(15)17-10-13/h5-9H,2-4,10H2,1H3. The summed E-state index contributed by atoms with van der Waals surface area (Å²) < 4.78 is 9.53. The molecule has 1 aromatic carbocycles. The quantitative estimate of drug-likeness (QED) is 0.745. The molecule has 0 saturated heterocycles. The van der Waals surface area contributed by atoms with Gasteiger partial charge in [0.25, 0.3) is 0 Å². The maximum absolute atomic E-state index is 10.7. The van der Waals surface area contributed by atoms with Gasteiger partial charge in [-0.1, -0.05) is 37.6 Å². The molecular formula is C14H16O3. The van der Waals surface area contributed by atoms with E-state index in [1.54, 1.807) is 0 Å². The molecule has 0 unspecified atom stereocenters. The van der Waals surface area contributed by atoms with Gasteiger partial charge in [0.2, 0.25) is 0 Å². The summed E-state index contributed by atoms with van der Waals surface area (Å²) in [4.78, 5) is 10.7. The SMILES string of the molecule is CCCCc1ccc(C2=COC(=O)OC2)cc1. The Morgan fingerprint density at radius 1 is 1.24 bits per heavy atom. The van der Waals surface area contributed by atoms with E-state index in [-0.39, 0.29) is 6.61 Å². The number of unbranched alkanes of at least 4 members (excludes halogenated alkanes) is 1. The largest absolute Gasteiger partial charge is 0.513 e. The summed E-state index contributed by atoms with van der Waals surface area (Å²) in [5.41, 5.74) is 3.27. The van der Waals surface area contributed by atoms with Crippen molar-refractivity contribution in [3.05, 3.63) is 41.7 Å². The van der Waals surface area contributed by atoms with Gasteiger partial charge in [0.1, 0.15) is 12.9 Å². The lowest BCUT2D eigenvalue weighted by Crippen LogP contribution is -2.12. The van der Waals surface area contributed by atoms with Crippen LogP contribution in [0.2, 0.25) is 0 Å². The van der Waals surface area contributed by atoms with Gasteiger partial charge in [-0.15, -0.1) is 0 Å². The van der Waals surface area contributed by atoms with E-state index in [0.29, 0.717) is 0 Å². The average molecular weight is 232 g/mol. The van der Waals surface area contributed by atoms with Crippen molar-refractivity contribution >= 4 is 11.7 Å². The molecule has 1 heterocycles. The van der Waals surface area contributed by atoms with E-state index < -0.39 is 6.16 Å². The lowest BCUT2D eigenvalue weighted by atomic mass is 10.0. The lowest BCUT2D eigenvalue weighted by Gasteiger charge is -2.13. The second kappa shape index (κ2) is 5.53. The Kier molecular flexibility index (Phi) is 3.81. The summed E-state index contributed by atoms with van der Waals surface area (Å²) in [5.74, 6) is 0. The van der Waals surface area contributed by atoms with E-state index in [0.717, 1.165) is 17.6 Å². The summed E-state index contributed by atoms with van der Waals surface area (Å²) in [6.45, 7) is 2.47. The van der Waals surface area contributed by atoms with Crippen LogP contribution in [-0.4, -0.2) is 12.8 Å². The summed E-state index contributed by atoms with van der Waals surface area (Å²) >= 11 is 0. The lowest BCUT2D eigenvalue weighted by molar-refractivity contribution is 0.0869. The Balaban J connectivity index is 2.05. The van der Waals surface area contributed by atoms with Gasteiger partial charge in [-0.05, 0) is 24.0 Å². The first-order chi connectivity index (χ1) is 8.29. The van der Waals surface area contributed by atoms with E-state index >= 15 is 0 Å². The van der Waals surface area contributed by atoms with Crippen molar-refractivity contribution in [2.45, 2.75) is 26.2 Å². The van der Waals surface area contributed by atoms with E-state index in [4.69, 9.17) is 9.47 Å². The van der Waals surface area contributed by atoms with Crippen LogP contribution < -0.4 is 0 Å². The van der Waals surface area contributed by atoms with Crippen molar-refractivity contribution in [3.8, 4) is 0 Å². The van der Waals surface area contributed by atoms with Gasteiger partial charge in [0, 0.05) is 5.57 Å². The number of aryl methyl sites for hydroxylation is 1. The fourth-order valence-corrected chi connectivity index (χ4v) is 1.74. The molecule has 3 heteroatoms. The van der Waals surface area contributed by atoms with Crippen molar-refractivity contribution in [1.29, 1.82) is 0 Å². The highest BCUT2D eigenvalue weighted by Crippen LogP contribution is 2.19. The Bertz CT molecular complexity index is 418. The van der Waals surface area contributed by atoms with Crippen LogP contribution in [-0.2, 0) is 15.9 Å². The Hall–Kier alpha value is -1.77. The zero-order chi connectivity index (χ0) is 12.1. The number of cyclic esters (lactones) is 2. The van der Waals surface area contributed by atoms with E-state index in [9.17, 15) is 4.79 Å². The first-order valence-corrected chi connectivity index (χ1v) is 5.91. The van der Waals surface area contributed by atoms with Crippen molar-refractivity contribution in [2.24, 2.45) is 0 Å². The molecule has 1 aliphatic heterocycles. The molecule has 0 radical (unpaired) electrons. The molecular weight excluding hydrogens is 216 g/mol. The van der Waals surface area contributed by atoms with Gasteiger partial charge in [-0.2, -0.15) is 0 Å². The van der Waals surface area contributed by atoms with Crippen LogP contribution in [0.15, 0.2) is 30.5 Å². The zero-order valence-electron chi connectivity index (χ0n) is 9.94. The fourth-order valence-electron chi connectivity index (χ4n) is 1.74. The topological polar surface area (TPSA) is 35.5 Å². The highest BCUT2D eigenvalue weighted by molar-refractivity contribution is 5.73. The number of rotatable bonds is 4. The number of hydrogen-bond acceptors (Lipinski definition) is 3. The van der Waals surface area contributed by atoms with Gasteiger partial charge >= 0.3 is 6.16 Å². The third-order valence-electron chi connectivity index (χ3n) is 2.79. The summed E-state index contributed by atoms with van der Waals surface area (Å²) in [5, 5.41) is 0. The highest BCUT2D eigenvalue weighted by atomic mass is 16.7. The zero-order valence-corrected chi connectivity index (χ0v) is 9.94. The Labute approximate surface area is 101 Å². The molecule has 0 fully saturated rings. The van der Waals surface area contributed by atoms with Crippen LogP contribution in [0.25, 0.3) is 5.57 Å². The highest BCUT2D eigenvalue weighted by Gasteiger charge is 2.13. The van der Waals surface area contributed by atoms with E-state index in [1.807, 2.05) is 12.1 Å². The molecule has 0 aliphatic carbocycles. The second-order valence-electron chi connectivity index (χ2n) is 4.10. The fraction of sp³-hybridized carbons (Fsp3) is 0.357. The molecule has 1 aliphatic rings. The molecule has 0 amide bonds. The minimum Gasteiger partial charge on any atom is -0.429 e. The molecule has 0 saturated carbocycles. The van der Waals surface area contributed by atoms with Crippen LogP contribution in [0.5, 0.6) is 0 Å². The third kappa shape index (κ3) is 3.09. The Morgan fingerprint density at radius 2 is 2.00 bits per heavy atom. The first kappa shape index (κ1) is 11.7. The van der Waals surface area contributed by atoms with Crippen LogP contribution in [0, 0.1) is 0 Å². The maximum Gasteiger partial charge on any atom is 0.513 e. The van der Waals surface area contributed by atoms with Crippen molar-refractivity contribution < 1.29 is 14.3 Å². The summed E-state index contributed by atoms with van der Waals surface area (Å²) in [6.07, 6.45) is 4.36. The van der Waals surface area contributed by atoms with Gasteiger partial charge in [-0.25, -0.2) is 4.79 Å². The molecule has 17 heavy (non-hydrogen) atoms. The van der Waals surface area contributed by atoms with Gasteiger partial charge in [0.05, 0.1) is 0 Å². The van der Waals surface area contributed by atoms with Crippen LogP contribution >= 0.6 is 0 Å². The number of carbonyl (C=O) groups excluding carboxylic acids is 1. The predicted molar refractivity (Wildman–Crippen MR) is 65.5 cm³/mol. The van der Waals surface area contributed by atoms with Crippen LogP contribution in [0.4, 0.5) is 4.79 Å². The normalized spacial score (nSPS) is 14.9. The number of hydrogen-bond donors (Lipinski definition) is 0. The molecule has 0 spiro atoms. The first-order valence-electron chi connectivity index (χ1n) is 5.91. The van der Waals surface area contributed by atoms with Gasteiger partial charge in [0.15, 0.2) is 0 Å². The summed E-state index contributed by atoms with van der Waals surface area (Å²) in [7, 11) is 0. The monoisotopic (exact) mass is 232 g/mol. The molecule has 3 nitrogen and oxygen atoms in total. The van der Waals surface area contributed by atoms with Crippen molar-refractivity contribution in [1.82, 2.24) is 0 Å². The molecule has 0 bridgehead atoms. The van der Waals surface area contributed by atoms with Crippen LogP contribution in [0.3, 0.4) is 0 Å². The second-order valence-corrected chi connectivity index (χ2v) is 4.10.